The molecule has 1 rings (SSSR count). The molecule has 0 radical (unpaired) electrons. The second-order valence-electron chi connectivity index (χ2n) is 6.36. The summed E-state index contributed by atoms with van der Waals surface area (Å²) in [7, 11) is 0. The Balaban J connectivity index is 2.97. The van der Waals surface area contributed by atoms with Gasteiger partial charge in [-0.3, -0.25) is 4.79 Å². The maximum Gasteiger partial charge on any atom is 0.407 e. The van der Waals surface area contributed by atoms with Gasteiger partial charge in [0.25, 0.3) is 0 Å². The van der Waals surface area contributed by atoms with E-state index in [1.54, 1.807) is 45.0 Å². The van der Waals surface area contributed by atoms with E-state index in [0.29, 0.717) is 18.4 Å². The summed E-state index contributed by atoms with van der Waals surface area (Å²) < 4.78 is 5.18. The van der Waals surface area contributed by atoms with Gasteiger partial charge in [0.15, 0.2) is 0 Å². The summed E-state index contributed by atoms with van der Waals surface area (Å²) in [5, 5.41) is 12.4. The summed E-state index contributed by atoms with van der Waals surface area (Å²) in [6.07, 6.45) is 0.518. The van der Waals surface area contributed by atoms with Crippen molar-refractivity contribution < 1.29 is 19.4 Å². The number of nitrogens with one attached hydrogen (secondary N) is 1. The second-order valence-corrected chi connectivity index (χ2v) is 6.36. The van der Waals surface area contributed by atoms with E-state index >= 15 is 0 Å². The Morgan fingerprint density at radius 1 is 1.18 bits per heavy atom. The van der Waals surface area contributed by atoms with Gasteiger partial charge < -0.3 is 15.2 Å². The van der Waals surface area contributed by atoms with Crippen LogP contribution in [-0.4, -0.2) is 29.3 Å². The Hall–Kier alpha value is -2.04. The molecule has 1 atom stereocenters. The van der Waals surface area contributed by atoms with Gasteiger partial charge >= 0.3 is 12.1 Å². The summed E-state index contributed by atoms with van der Waals surface area (Å²) >= 11 is 0. The maximum absolute atomic E-state index is 11.9. The number of ether oxygens (including phenoxy) is 1. The van der Waals surface area contributed by atoms with Gasteiger partial charge in [0.1, 0.15) is 11.0 Å². The van der Waals surface area contributed by atoms with Crippen molar-refractivity contribution in [2.24, 2.45) is 0 Å². The fourth-order valence-electron chi connectivity index (χ4n) is 2.36. The topological polar surface area (TPSA) is 75.6 Å². The molecule has 22 heavy (non-hydrogen) atoms. The fourth-order valence-corrected chi connectivity index (χ4v) is 2.36. The molecule has 122 valence electrons. The van der Waals surface area contributed by atoms with E-state index in [0.717, 1.165) is 0 Å². The second kappa shape index (κ2) is 7.29. The van der Waals surface area contributed by atoms with Crippen LogP contribution in [0.3, 0.4) is 0 Å². The number of carboxylic acids is 1. The SMILES string of the molecule is CCCC(CNC(=O)OC(C)(C)C)(C(=O)O)c1ccccc1. The Kier molecular flexibility index (Phi) is 5.97. The van der Waals surface area contributed by atoms with Crippen LogP contribution in [0.2, 0.25) is 0 Å². The van der Waals surface area contributed by atoms with E-state index in [-0.39, 0.29) is 6.54 Å². The number of carbonyl (C=O) groups is 2. The number of carbonyl (C=O) groups excluding carboxylic acids is 1. The molecule has 0 aliphatic carbocycles. The molecule has 0 saturated heterocycles. The van der Waals surface area contributed by atoms with E-state index in [1.807, 2.05) is 13.0 Å². The van der Waals surface area contributed by atoms with Crippen LogP contribution in [-0.2, 0) is 14.9 Å². The van der Waals surface area contributed by atoms with Gasteiger partial charge in [-0.25, -0.2) is 4.79 Å². The predicted octanol–water partition coefficient (Wildman–Crippen LogP) is 3.33. The van der Waals surface area contributed by atoms with Crippen molar-refractivity contribution in [1.82, 2.24) is 5.32 Å². The van der Waals surface area contributed by atoms with Gasteiger partial charge in [0, 0.05) is 6.54 Å². The zero-order valence-electron chi connectivity index (χ0n) is 13.7. The van der Waals surface area contributed by atoms with Crippen LogP contribution < -0.4 is 5.32 Å². The summed E-state index contributed by atoms with van der Waals surface area (Å²) in [4.78, 5) is 23.8. The lowest BCUT2D eigenvalue weighted by Crippen LogP contribution is -2.47. The quantitative estimate of drug-likeness (QED) is 0.845. The Bertz CT molecular complexity index is 507. The van der Waals surface area contributed by atoms with Crippen molar-refractivity contribution in [3.63, 3.8) is 0 Å². The van der Waals surface area contributed by atoms with E-state index in [4.69, 9.17) is 4.74 Å². The molecule has 1 aromatic rings. The fraction of sp³-hybridized carbons (Fsp3) is 0.529. The molecule has 5 nitrogen and oxygen atoms in total. The highest BCUT2D eigenvalue weighted by Gasteiger charge is 2.40. The number of carboxylic acid groups (broad SMARTS) is 1. The van der Waals surface area contributed by atoms with Gasteiger partial charge in [0.2, 0.25) is 0 Å². The molecular weight excluding hydrogens is 282 g/mol. The first-order chi connectivity index (χ1) is 10.2. The van der Waals surface area contributed by atoms with Crippen molar-refractivity contribution in [2.45, 2.75) is 51.6 Å². The Morgan fingerprint density at radius 3 is 2.23 bits per heavy atom. The molecule has 1 amide bonds. The van der Waals surface area contributed by atoms with E-state index in [2.05, 4.69) is 5.32 Å². The van der Waals surface area contributed by atoms with Crippen LogP contribution >= 0.6 is 0 Å². The number of amides is 1. The highest BCUT2D eigenvalue weighted by Crippen LogP contribution is 2.29. The van der Waals surface area contributed by atoms with Crippen LogP contribution in [0.15, 0.2) is 30.3 Å². The molecule has 0 bridgehead atoms. The van der Waals surface area contributed by atoms with Crippen molar-refractivity contribution in [1.29, 1.82) is 0 Å². The normalized spacial score (nSPS) is 14.0. The largest absolute Gasteiger partial charge is 0.481 e. The zero-order chi connectivity index (χ0) is 16.8. The van der Waals surface area contributed by atoms with E-state index in [1.165, 1.54) is 0 Å². The third-order valence-electron chi connectivity index (χ3n) is 3.35. The number of rotatable bonds is 6. The molecule has 0 spiro atoms. The van der Waals surface area contributed by atoms with Gasteiger partial charge in [-0.05, 0) is 32.8 Å². The van der Waals surface area contributed by atoms with Crippen LogP contribution in [0, 0.1) is 0 Å². The van der Waals surface area contributed by atoms with Crippen molar-refractivity contribution in [3.05, 3.63) is 35.9 Å². The van der Waals surface area contributed by atoms with Crippen molar-refractivity contribution in [3.8, 4) is 0 Å². The summed E-state index contributed by atoms with van der Waals surface area (Å²) in [5.74, 6) is -0.948. The third-order valence-corrected chi connectivity index (χ3v) is 3.35. The lowest BCUT2D eigenvalue weighted by Gasteiger charge is -2.30. The molecule has 0 aromatic heterocycles. The number of alkyl carbamates (subject to hydrolysis) is 1. The Labute approximate surface area is 131 Å². The summed E-state index contributed by atoms with van der Waals surface area (Å²) in [5.41, 5.74) is -1.08. The van der Waals surface area contributed by atoms with Gasteiger partial charge in [-0.15, -0.1) is 0 Å². The molecule has 0 heterocycles. The molecule has 0 aliphatic heterocycles. The van der Waals surface area contributed by atoms with Gasteiger partial charge in [-0.1, -0.05) is 43.7 Å². The first-order valence-corrected chi connectivity index (χ1v) is 7.47. The molecule has 2 N–H and O–H groups in total. The predicted molar refractivity (Wildman–Crippen MR) is 84.9 cm³/mol. The molecule has 0 aliphatic rings. The van der Waals surface area contributed by atoms with E-state index in [9.17, 15) is 14.7 Å². The summed E-state index contributed by atoms with van der Waals surface area (Å²) in [6, 6.07) is 9.00. The minimum Gasteiger partial charge on any atom is -0.481 e. The van der Waals surface area contributed by atoms with Gasteiger partial charge in [-0.2, -0.15) is 0 Å². The van der Waals surface area contributed by atoms with Crippen LogP contribution in [0.5, 0.6) is 0 Å². The molecule has 1 unspecified atom stereocenters. The minimum absolute atomic E-state index is 0.00486. The number of benzene rings is 1. The average Bonchev–Trinajstić information content (AvgIpc) is 2.42. The van der Waals surface area contributed by atoms with Crippen molar-refractivity contribution >= 4 is 12.1 Å². The molecule has 0 fully saturated rings. The van der Waals surface area contributed by atoms with Gasteiger partial charge in [0.05, 0.1) is 0 Å². The minimum atomic E-state index is -1.15. The molecule has 0 saturated carbocycles. The molecular formula is C17H25NO4. The lowest BCUT2D eigenvalue weighted by molar-refractivity contribution is -0.144. The van der Waals surface area contributed by atoms with Crippen molar-refractivity contribution in [2.75, 3.05) is 6.54 Å². The highest BCUT2D eigenvalue weighted by atomic mass is 16.6. The average molecular weight is 307 g/mol. The molecule has 1 aromatic carbocycles. The zero-order valence-corrected chi connectivity index (χ0v) is 13.7. The number of hydrogen-bond donors (Lipinski definition) is 2. The Morgan fingerprint density at radius 2 is 1.77 bits per heavy atom. The number of aliphatic carboxylic acids is 1. The van der Waals surface area contributed by atoms with Crippen LogP contribution in [0.4, 0.5) is 4.79 Å². The summed E-state index contributed by atoms with van der Waals surface area (Å²) in [6.45, 7) is 7.21. The third kappa shape index (κ3) is 4.76. The maximum atomic E-state index is 11.9. The number of hydrogen-bond acceptors (Lipinski definition) is 3. The first kappa shape index (κ1) is 18.0. The lowest BCUT2D eigenvalue weighted by atomic mass is 9.76. The van der Waals surface area contributed by atoms with Crippen LogP contribution in [0.25, 0.3) is 0 Å². The molecule has 5 heteroatoms. The van der Waals surface area contributed by atoms with Crippen LogP contribution in [0.1, 0.15) is 46.1 Å². The highest BCUT2D eigenvalue weighted by molar-refractivity contribution is 5.82. The van der Waals surface area contributed by atoms with E-state index < -0.39 is 23.1 Å². The first-order valence-electron chi connectivity index (χ1n) is 7.47. The smallest absolute Gasteiger partial charge is 0.407 e. The monoisotopic (exact) mass is 307 g/mol. The standard InChI is InChI=1S/C17H25NO4/c1-5-11-17(14(19)20,13-9-7-6-8-10-13)12-18-15(21)22-16(2,3)4/h6-10H,5,11-12H2,1-4H3,(H,18,21)(H,19,20).